The standard InChI is InChI=1S/C9H15Cl2NO2/c1-3-4-12(6-8(11)5-10)7-9(13)14-2/h5H,3-4,6-7H2,1-2H3. The largest absolute Gasteiger partial charge is 0.468 e. The highest BCUT2D eigenvalue weighted by atomic mass is 35.5. The zero-order chi connectivity index (χ0) is 11.0. The monoisotopic (exact) mass is 239 g/mol. The Hall–Kier alpha value is -0.250. The molecule has 3 nitrogen and oxygen atoms in total. The third-order valence-corrected chi connectivity index (χ3v) is 2.22. The average molecular weight is 240 g/mol. The Morgan fingerprint density at radius 2 is 2.14 bits per heavy atom. The second-order valence-corrected chi connectivity index (χ2v) is 3.55. The van der Waals surface area contributed by atoms with Crippen LogP contribution >= 0.6 is 23.2 Å². The molecular weight excluding hydrogens is 225 g/mol. The van der Waals surface area contributed by atoms with Gasteiger partial charge in [0, 0.05) is 17.1 Å². The molecule has 0 bridgehead atoms. The van der Waals surface area contributed by atoms with Crippen LogP contribution in [0.4, 0.5) is 0 Å². The minimum atomic E-state index is -0.266. The van der Waals surface area contributed by atoms with Gasteiger partial charge in [-0.3, -0.25) is 9.69 Å². The Morgan fingerprint density at radius 1 is 1.50 bits per heavy atom. The first-order valence-corrected chi connectivity index (χ1v) is 5.19. The van der Waals surface area contributed by atoms with Gasteiger partial charge in [-0.25, -0.2) is 0 Å². The van der Waals surface area contributed by atoms with Crippen molar-refractivity contribution in [2.45, 2.75) is 13.3 Å². The molecule has 0 N–H and O–H groups in total. The average Bonchev–Trinajstić information content (AvgIpc) is 2.17. The zero-order valence-corrected chi connectivity index (χ0v) is 9.94. The first kappa shape index (κ1) is 13.8. The van der Waals surface area contributed by atoms with Crippen LogP contribution in [0.1, 0.15) is 13.3 Å². The van der Waals surface area contributed by atoms with E-state index in [1.807, 2.05) is 11.8 Å². The van der Waals surface area contributed by atoms with Crippen molar-refractivity contribution in [3.8, 4) is 0 Å². The molecule has 0 heterocycles. The lowest BCUT2D eigenvalue weighted by atomic mass is 10.4. The van der Waals surface area contributed by atoms with Crippen molar-refractivity contribution in [3.05, 3.63) is 10.6 Å². The van der Waals surface area contributed by atoms with E-state index in [4.69, 9.17) is 23.2 Å². The summed E-state index contributed by atoms with van der Waals surface area (Å²) in [7, 11) is 1.37. The van der Waals surface area contributed by atoms with Crippen LogP contribution in [0.3, 0.4) is 0 Å². The summed E-state index contributed by atoms with van der Waals surface area (Å²) in [6.45, 7) is 3.54. The molecular formula is C9H15Cl2NO2. The molecule has 0 radical (unpaired) electrons. The lowest BCUT2D eigenvalue weighted by Crippen LogP contribution is -2.32. The quantitative estimate of drug-likeness (QED) is 0.666. The molecule has 0 rings (SSSR count). The van der Waals surface area contributed by atoms with Gasteiger partial charge in [-0.05, 0) is 13.0 Å². The minimum Gasteiger partial charge on any atom is -0.468 e. The number of hydrogen-bond donors (Lipinski definition) is 0. The van der Waals surface area contributed by atoms with E-state index in [1.54, 1.807) is 0 Å². The summed E-state index contributed by atoms with van der Waals surface area (Å²) in [5, 5.41) is 0.518. The smallest absolute Gasteiger partial charge is 0.319 e. The van der Waals surface area contributed by atoms with Crippen molar-refractivity contribution < 1.29 is 9.53 Å². The molecule has 0 spiro atoms. The second kappa shape index (κ2) is 8.09. The highest BCUT2D eigenvalue weighted by Crippen LogP contribution is 2.06. The van der Waals surface area contributed by atoms with Crippen LogP contribution in [0, 0.1) is 0 Å². The van der Waals surface area contributed by atoms with Gasteiger partial charge in [-0.15, -0.1) is 0 Å². The number of methoxy groups -OCH3 is 1. The number of carbonyl (C=O) groups excluding carboxylic acids is 1. The van der Waals surface area contributed by atoms with Crippen LogP contribution in [0.25, 0.3) is 0 Å². The number of hydrogen-bond acceptors (Lipinski definition) is 3. The predicted octanol–water partition coefficient (Wildman–Crippen LogP) is 2.19. The van der Waals surface area contributed by atoms with Crippen molar-refractivity contribution in [1.82, 2.24) is 4.90 Å². The number of carbonyl (C=O) groups is 1. The minimum absolute atomic E-state index is 0.241. The number of esters is 1. The number of rotatable bonds is 6. The first-order valence-electron chi connectivity index (χ1n) is 4.38. The van der Waals surface area contributed by atoms with Crippen LogP contribution in [0.5, 0.6) is 0 Å². The van der Waals surface area contributed by atoms with Crippen molar-refractivity contribution in [1.29, 1.82) is 0 Å². The van der Waals surface area contributed by atoms with Gasteiger partial charge in [0.1, 0.15) is 0 Å². The summed E-state index contributed by atoms with van der Waals surface area (Å²) in [5.74, 6) is -0.266. The zero-order valence-electron chi connectivity index (χ0n) is 8.43. The van der Waals surface area contributed by atoms with E-state index in [0.717, 1.165) is 13.0 Å². The van der Waals surface area contributed by atoms with Crippen LogP contribution in [0.2, 0.25) is 0 Å². The van der Waals surface area contributed by atoms with Gasteiger partial charge >= 0.3 is 5.97 Å². The molecule has 0 aromatic rings. The van der Waals surface area contributed by atoms with E-state index in [2.05, 4.69) is 4.74 Å². The molecule has 0 aromatic carbocycles. The van der Waals surface area contributed by atoms with Gasteiger partial charge in [0.15, 0.2) is 0 Å². The van der Waals surface area contributed by atoms with Crippen LogP contribution in [-0.2, 0) is 9.53 Å². The summed E-state index contributed by atoms with van der Waals surface area (Å²) >= 11 is 11.2. The highest BCUT2D eigenvalue weighted by molar-refractivity contribution is 6.36. The van der Waals surface area contributed by atoms with Gasteiger partial charge < -0.3 is 4.74 Å². The van der Waals surface area contributed by atoms with E-state index >= 15 is 0 Å². The molecule has 14 heavy (non-hydrogen) atoms. The predicted molar refractivity (Wildman–Crippen MR) is 58.5 cm³/mol. The Bertz CT molecular complexity index is 207. The molecule has 5 heteroatoms. The third kappa shape index (κ3) is 6.24. The Labute approximate surface area is 94.6 Å². The van der Waals surface area contributed by atoms with Gasteiger partial charge in [0.05, 0.1) is 13.7 Å². The lowest BCUT2D eigenvalue weighted by Gasteiger charge is -2.19. The Morgan fingerprint density at radius 3 is 2.57 bits per heavy atom. The summed E-state index contributed by atoms with van der Waals surface area (Å²) in [4.78, 5) is 12.9. The number of halogens is 2. The number of ether oxygens (including phenoxy) is 1. The third-order valence-electron chi connectivity index (χ3n) is 1.61. The normalized spacial score (nSPS) is 11.9. The molecule has 82 valence electrons. The molecule has 0 amide bonds. The molecule has 0 saturated heterocycles. The number of nitrogens with zero attached hydrogens (tertiary/aromatic N) is 1. The van der Waals surface area contributed by atoms with Gasteiger partial charge in [-0.2, -0.15) is 0 Å². The summed E-state index contributed by atoms with van der Waals surface area (Å²) in [6.07, 6.45) is 0.948. The highest BCUT2D eigenvalue weighted by Gasteiger charge is 2.10. The fourth-order valence-corrected chi connectivity index (χ4v) is 1.26. The molecule has 0 aliphatic carbocycles. The maximum atomic E-state index is 11.0. The van der Waals surface area contributed by atoms with Crippen molar-refractivity contribution in [3.63, 3.8) is 0 Å². The molecule has 0 saturated carbocycles. The molecule has 0 fully saturated rings. The van der Waals surface area contributed by atoms with Crippen LogP contribution in [-0.4, -0.2) is 37.6 Å². The molecule has 0 aliphatic rings. The summed E-state index contributed by atoms with van der Waals surface area (Å²) in [5.41, 5.74) is 1.31. The maximum Gasteiger partial charge on any atom is 0.319 e. The lowest BCUT2D eigenvalue weighted by molar-refractivity contribution is -0.141. The van der Waals surface area contributed by atoms with Gasteiger partial charge in [0.2, 0.25) is 0 Å². The SMILES string of the molecule is CCCN(CC(=O)OC)CC(Cl)=CCl. The summed E-state index contributed by atoms with van der Waals surface area (Å²) < 4.78 is 4.57. The van der Waals surface area contributed by atoms with Crippen molar-refractivity contribution >= 4 is 29.2 Å². The maximum absolute atomic E-state index is 11.0. The van der Waals surface area contributed by atoms with E-state index < -0.39 is 0 Å². The first-order chi connectivity index (χ1) is 6.63. The van der Waals surface area contributed by atoms with E-state index in [-0.39, 0.29) is 12.5 Å². The topological polar surface area (TPSA) is 29.5 Å². The fraction of sp³-hybridized carbons (Fsp3) is 0.667. The second-order valence-electron chi connectivity index (χ2n) is 2.84. The molecule has 0 aromatic heterocycles. The van der Waals surface area contributed by atoms with E-state index in [1.165, 1.54) is 12.6 Å². The van der Waals surface area contributed by atoms with E-state index in [0.29, 0.717) is 11.6 Å². The molecule has 0 atom stereocenters. The van der Waals surface area contributed by atoms with Crippen LogP contribution in [0.15, 0.2) is 10.6 Å². The molecule has 0 unspecified atom stereocenters. The Balaban J connectivity index is 4.07. The van der Waals surface area contributed by atoms with Gasteiger partial charge in [0.25, 0.3) is 0 Å². The Kier molecular flexibility index (Phi) is 7.95. The van der Waals surface area contributed by atoms with E-state index in [9.17, 15) is 4.79 Å². The molecule has 0 aliphatic heterocycles. The van der Waals surface area contributed by atoms with Crippen LogP contribution < -0.4 is 0 Å². The fourth-order valence-electron chi connectivity index (χ4n) is 1.03. The van der Waals surface area contributed by atoms with Gasteiger partial charge in [-0.1, -0.05) is 30.1 Å². The van der Waals surface area contributed by atoms with Crippen molar-refractivity contribution in [2.24, 2.45) is 0 Å². The van der Waals surface area contributed by atoms with Crippen molar-refractivity contribution in [2.75, 3.05) is 26.7 Å². The summed E-state index contributed by atoms with van der Waals surface area (Å²) in [6, 6.07) is 0.